The van der Waals surface area contributed by atoms with Crippen LogP contribution in [0.3, 0.4) is 0 Å². The number of carbonyl (C=O) groups is 2. The van der Waals surface area contributed by atoms with Crippen molar-refractivity contribution in [3.8, 4) is 0 Å². The third kappa shape index (κ3) is 4.51. The number of benzene rings is 2. The number of halogens is 1. The van der Waals surface area contributed by atoms with E-state index in [1.165, 1.54) is 5.56 Å². The average Bonchev–Trinajstić information content (AvgIpc) is 2.60. The molecule has 1 aliphatic rings. The third-order valence-electron chi connectivity index (χ3n) is 4.29. The number of hydrogen-bond acceptors (Lipinski definition) is 2. The molecular formula is C19H20ClN3O2. The lowest BCUT2D eigenvalue weighted by Crippen LogP contribution is -2.34. The van der Waals surface area contributed by atoms with Crippen LogP contribution in [0, 0.1) is 0 Å². The molecule has 0 spiro atoms. The third-order valence-corrected chi connectivity index (χ3v) is 4.54. The molecule has 0 aromatic heterocycles. The maximum Gasteiger partial charge on any atom is 0.319 e. The fraction of sp³-hybridized carbons (Fsp3) is 0.263. The molecule has 0 radical (unpaired) electrons. The van der Waals surface area contributed by atoms with E-state index in [4.69, 9.17) is 11.6 Å². The largest absolute Gasteiger partial charge is 0.338 e. The van der Waals surface area contributed by atoms with Crippen molar-refractivity contribution in [1.29, 1.82) is 0 Å². The van der Waals surface area contributed by atoms with E-state index in [1.54, 1.807) is 19.1 Å². The molecule has 3 rings (SSSR count). The fourth-order valence-corrected chi connectivity index (χ4v) is 2.99. The van der Waals surface area contributed by atoms with Gasteiger partial charge in [0, 0.05) is 37.3 Å². The van der Waals surface area contributed by atoms with E-state index >= 15 is 0 Å². The van der Waals surface area contributed by atoms with Crippen molar-refractivity contribution in [2.24, 2.45) is 0 Å². The number of fused-ring (bicyclic) bond motifs is 1. The maximum absolute atomic E-state index is 12.1. The van der Waals surface area contributed by atoms with Gasteiger partial charge in [-0.1, -0.05) is 29.8 Å². The van der Waals surface area contributed by atoms with Crippen molar-refractivity contribution in [2.45, 2.75) is 26.4 Å². The van der Waals surface area contributed by atoms with Crippen LogP contribution in [-0.2, 0) is 24.3 Å². The Morgan fingerprint density at radius 1 is 1.12 bits per heavy atom. The number of rotatable bonds is 3. The van der Waals surface area contributed by atoms with Crippen molar-refractivity contribution >= 4 is 29.2 Å². The highest BCUT2D eigenvalue weighted by Gasteiger charge is 2.18. The Morgan fingerprint density at radius 3 is 2.60 bits per heavy atom. The Hall–Kier alpha value is -2.53. The number of amides is 3. The molecule has 130 valence electrons. The highest BCUT2D eigenvalue weighted by Crippen LogP contribution is 2.22. The van der Waals surface area contributed by atoms with Crippen molar-refractivity contribution < 1.29 is 9.59 Å². The summed E-state index contributed by atoms with van der Waals surface area (Å²) in [5.41, 5.74) is 4.00. The van der Waals surface area contributed by atoms with Crippen molar-refractivity contribution in [3.63, 3.8) is 0 Å². The molecule has 0 atom stereocenters. The maximum atomic E-state index is 12.1. The smallest absolute Gasteiger partial charge is 0.319 e. The summed E-state index contributed by atoms with van der Waals surface area (Å²) in [6.07, 6.45) is 0.845. The second kappa shape index (κ2) is 7.57. The highest BCUT2D eigenvalue weighted by molar-refractivity contribution is 6.30. The molecule has 0 aliphatic carbocycles. The van der Waals surface area contributed by atoms with E-state index in [-0.39, 0.29) is 11.9 Å². The average molecular weight is 358 g/mol. The Labute approximate surface area is 152 Å². The predicted molar refractivity (Wildman–Crippen MR) is 98.5 cm³/mol. The summed E-state index contributed by atoms with van der Waals surface area (Å²) in [4.78, 5) is 25.4. The fourth-order valence-electron chi connectivity index (χ4n) is 2.86. The molecule has 3 amide bonds. The van der Waals surface area contributed by atoms with E-state index in [2.05, 4.69) is 10.6 Å². The molecule has 0 saturated carbocycles. The molecular weight excluding hydrogens is 338 g/mol. The molecule has 0 fully saturated rings. The number of hydrogen-bond donors (Lipinski definition) is 2. The standard InChI is InChI=1S/C19H20ClN3O2/c1-13(24)23-9-8-15-4-7-18(10-16(15)12-23)22-19(25)21-11-14-2-5-17(20)6-3-14/h2-7,10H,8-9,11-12H2,1H3,(H2,21,22,25). The van der Waals surface area contributed by atoms with Gasteiger partial charge in [0.2, 0.25) is 5.91 Å². The summed E-state index contributed by atoms with van der Waals surface area (Å²) in [5.74, 6) is 0.0738. The Morgan fingerprint density at radius 2 is 1.88 bits per heavy atom. The number of anilines is 1. The van der Waals surface area contributed by atoms with E-state index in [9.17, 15) is 9.59 Å². The first-order valence-electron chi connectivity index (χ1n) is 8.18. The molecule has 25 heavy (non-hydrogen) atoms. The number of nitrogens with one attached hydrogen (secondary N) is 2. The minimum Gasteiger partial charge on any atom is -0.338 e. The first kappa shape index (κ1) is 17.3. The van der Waals surface area contributed by atoms with Crippen LogP contribution in [0.2, 0.25) is 5.02 Å². The first-order chi connectivity index (χ1) is 12.0. The van der Waals surface area contributed by atoms with Gasteiger partial charge in [-0.05, 0) is 47.4 Å². The van der Waals surface area contributed by atoms with Gasteiger partial charge in [0.25, 0.3) is 0 Å². The number of carbonyl (C=O) groups excluding carboxylic acids is 2. The van der Waals surface area contributed by atoms with E-state index in [0.717, 1.165) is 29.8 Å². The van der Waals surface area contributed by atoms with Crippen molar-refractivity contribution in [1.82, 2.24) is 10.2 Å². The van der Waals surface area contributed by atoms with Crippen LogP contribution in [0.1, 0.15) is 23.6 Å². The quantitative estimate of drug-likeness (QED) is 0.882. The minimum absolute atomic E-state index is 0.0738. The predicted octanol–water partition coefficient (Wildman–Crippen LogP) is 3.57. The van der Waals surface area contributed by atoms with Gasteiger partial charge in [-0.2, -0.15) is 0 Å². The molecule has 0 bridgehead atoms. The zero-order valence-corrected chi connectivity index (χ0v) is 14.8. The van der Waals surface area contributed by atoms with Crippen molar-refractivity contribution in [3.05, 3.63) is 64.2 Å². The summed E-state index contributed by atoms with van der Waals surface area (Å²) in [7, 11) is 0. The van der Waals surface area contributed by atoms with Crippen LogP contribution >= 0.6 is 11.6 Å². The van der Waals surface area contributed by atoms with Gasteiger partial charge in [0.1, 0.15) is 0 Å². The molecule has 0 unspecified atom stereocenters. The number of urea groups is 1. The molecule has 2 N–H and O–H groups in total. The SMILES string of the molecule is CC(=O)N1CCc2ccc(NC(=O)NCc3ccc(Cl)cc3)cc2C1. The van der Waals surface area contributed by atoms with Crippen LogP contribution in [-0.4, -0.2) is 23.4 Å². The van der Waals surface area contributed by atoms with Gasteiger partial charge >= 0.3 is 6.03 Å². The second-order valence-electron chi connectivity index (χ2n) is 6.11. The zero-order valence-electron chi connectivity index (χ0n) is 14.0. The van der Waals surface area contributed by atoms with Crippen molar-refractivity contribution in [2.75, 3.05) is 11.9 Å². The van der Waals surface area contributed by atoms with Gasteiger partial charge in [-0.25, -0.2) is 4.79 Å². The van der Waals surface area contributed by atoms with E-state index in [0.29, 0.717) is 18.1 Å². The molecule has 2 aromatic carbocycles. The Kier molecular flexibility index (Phi) is 5.24. The monoisotopic (exact) mass is 357 g/mol. The molecule has 0 saturated heterocycles. The summed E-state index contributed by atoms with van der Waals surface area (Å²) in [6, 6.07) is 12.9. The lowest BCUT2D eigenvalue weighted by atomic mass is 9.99. The van der Waals surface area contributed by atoms with Gasteiger partial charge in [0.05, 0.1) is 0 Å². The second-order valence-corrected chi connectivity index (χ2v) is 6.54. The van der Waals surface area contributed by atoms with Gasteiger partial charge in [-0.3, -0.25) is 4.79 Å². The molecule has 6 heteroatoms. The van der Waals surface area contributed by atoms with Crippen LogP contribution in [0.5, 0.6) is 0 Å². The number of nitrogens with zero attached hydrogens (tertiary/aromatic N) is 1. The summed E-state index contributed by atoms with van der Waals surface area (Å²) < 4.78 is 0. The van der Waals surface area contributed by atoms with Gasteiger partial charge in [-0.15, -0.1) is 0 Å². The van der Waals surface area contributed by atoms with Crippen LogP contribution < -0.4 is 10.6 Å². The minimum atomic E-state index is -0.269. The summed E-state index contributed by atoms with van der Waals surface area (Å²) >= 11 is 5.85. The van der Waals surface area contributed by atoms with E-state index in [1.807, 2.05) is 35.2 Å². The van der Waals surface area contributed by atoms with E-state index < -0.39 is 0 Å². The normalized spacial score (nSPS) is 13.1. The van der Waals surface area contributed by atoms with Gasteiger partial charge < -0.3 is 15.5 Å². The molecule has 1 heterocycles. The lowest BCUT2D eigenvalue weighted by molar-refractivity contribution is -0.129. The Bertz CT molecular complexity index is 790. The lowest BCUT2D eigenvalue weighted by Gasteiger charge is -2.28. The molecule has 1 aliphatic heterocycles. The highest BCUT2D eigenvalue weighted by atomic mass is 35.5. The van der Waals surface area contributed by atoms with Crippen LogP contribution in [0.15, 0.2) is 42.5 Å². The summed E-state index contributed by atoms with van der Waals surface area (Å²) in [5, 5.41) is 6.32. The topological polar surface area (TPSA) is 61.4 Å². The van der Waals surface area contributed by atoms with Crippen LogP contribution in [0.4, 0.5) is 10.5 Å². The van der Waals surface area contributed by atoms with Gasteiger partial charge in [0.15, 0.2) is 0 Å². The molecule has 5 nitrogen and oxygen atoms in total. The van der Waals surface area contributed by atoms with Crippen LogP contribution in [0.25, 0.3) is 0 Å². The zero-order chi connectivity index (χ0) is 17.8. The summed E-state index contributed by atoms with van der Waals surface area (Å²) in [6.45, 7) is 3.34. The Balaban J connectivity index is 1.59. The molecule has 2 aromatic rings. The first-order valence-corrected chi connectivity index (χ1v) is 8.55.